The van der Waals surface area contributed by atoms with Gasteiger partial charge in [0.25, 0.3) is 5.91 Å². The second kappa shape index (κ2) is 4.68. The molecule has 0 saturated heterocycles. The van der Waals surface area contributed by atoms with E-state index < -0.39 is 0 Å². The summed E-state index contributed by atoms with van der Waals surface area (Å²) in [5.41, 5.74) is 3.03. The molecule has 0 aliphatic carbocycles. The van der Waals surface area contributed by atoms with Gasteiger partial charge in [-0.3, -0.25) is 9.78 Å². The van der Waals surface area contributed by atoms with Crippen LogP contribution in [0.4, 0.5) is 5.69 Å². The molecule has 0 bridgehead atoms. The van der Waals surface area contributed by atoms with Crippen molar-refractivity contribution in [2.24, 2.45) is 0 Å². The first-order valence-corrected chi connectivity index (χ1v) is 8.21. The highest BCUT2D eigenvalue weighted by Gasteiger charge is 2.27. The highest BCUT2D eigenvalue weighted by atomic mass is 32.1. The molecule has 0 radical (unpaired) electrons. The van der Waals surface area contributed by atoms with Crippen LogP contribution in [0.1, 0.15) is 22.3 Å². The van der Waals surface area contributed by atoms with E-state index in [-0.39, 0.29) is 11.9 Å². The largest absolute Gasteiger partial charge is 0.371 e. The third-order valence-corrected chi connectivity index (χ3v) is 5.29. The van der Waals surface area contributed by atoms with Crippen LogP contribution in [0.5, 0.6) is 0 Å². The average Bonchev–Trinajstić information content (AvgIpc) is 2.82. The molecule has 22 heavy (non-hydrogen) atoms. The Kier molecular flexibility index (Phi) is 2.87. The zero-order valence-corrected chi connectivity index (χ0v) is 13.6. The maximum atomic E-state index is 12.5. The number of nitrogens with one attached hydrogen (secondary N) is 1. The van der Waals surface area contributed by atoms with E-state index in [0.29, 0.717) is 0 Å². The average molecular weight is 311 g/mol. The number of nitrogens with zero attached hydrogens (tertiary/aromatic N) is 2. The Balaban J connectivity index is 2.11. The Hall–Kier alpha value is -2.14. The van der Waals surface area contributed by atoms with E-state index in [0.717, 1.165) is 43.8 Å². The van der Waals surface area contributed by atoms with Crippen LogP contribution in [0.3, 0.4) is 0 Å². The Labute approximate surface area is 132 Å². The molecule has 0 fully saturated rings. The number of anilines is 1. The molecule has 112 valence electrons. The van der Waals surface area contributed by atoms with Crippen LogP contribution < -0.4 is 10.2 Å². The number of rotatable bonds is 0. The molecule has 1 atom stereocenters. The predicted molar refractivity (Wildman–Crippen MR) is 92.1 cm³/mol. The number of carbonyl (C=O) groups excluding carboxylic acids is 1. The number of thiophene rings is 1. The minimum Gasteiger partial charge on any atom is -0.371 e. The molecule has 0 spiro atoms. The van der Waals surface area contributed by atoms with Gasteiger partial charge in [0.15, 0.2) is 0 Å². The molecule has 3 heterocycles. The fourth-order valence-electron chi connectivity index (χ4n) is 3.24. The fourth-order valence-corrected chi connectivity index (χ4v) is 4.41. The van der Waals surface area contributed by atoms with Crippen LogP contribution >= 0.6 is 11.3 Å². The van der Waals surface area contributed by atoms with E-state index in [1.807, 2.05) is 26.0 Å². The number of likely N-dealkylation sites (N-methyl/N-ethyl adjacent to an activating group) is 1. The summed E-state index contributed by atoms with van der Waals surface area (Å²) >= 11 is 1.56. The van der Waals surface area contributed by atoms with Crippen LogP contribution in [0.2, 0.25) is 0 Å². The first-order valence-electron chi connectivity index (χ1n) is 7.39. The van der Waals surface area contributed by atoms with Crippen molar-refractivity contribution in [1.82, 2.24) is 10.3 Å². The normalized spacial score (nSPS) is 18.4. The summed E-state index contributed by atoms with van der Waals surface area (Å²) in [4.78, 5) is 20.1. The van der Waals surface area contributed by atoms with Crippen LogP contribution in [0.25, 0.3) is 21.0 Å². The Morgan fingerprint density at radius 2 is 2.14 bits per heavy atom. The van der Waals surface area contributed by atoms with E-state index in [9.17, 15) is 4.79 Å². The molecule has 5 heteroatoms. The van der Waals surface area contributed by atoms with E-state index in [4.69, 9.17) is 0 Å². The monoisotopic (exact) mass is 311 g/mol. The van der Waals surface area contributed by atoms with Crippen molar-refractivity contribution in [1.29, 1.82) is 0 Å². The van der Waals surface area contributed by atoms with Gasteiger partial charge in [-0.15, -0.1) is 11.3 Å². The third-order valence-electron chi connectivity index (χ3n) is 4.15. The highest BCUT2D eigenvalue weighted by Crippen LogP contribution is 2.42. The van der Waals surface area contributed by atoms with Gasteiger partial charge in [-0.05, 0) is 32.0 Å². The lowest BCUT2D eigenvalue weighted by molar-refractivity contribution is 0.0949. The van der Waals surface area contributed by atoms with Gasteiger partial charge in [-0.25, -0.2) is 0 Å². The summed E-state index contributed by atoms with van der Waals surface area (Å²) in [5, 5.41) is 5.33. The first-order chi connectivity index (χ1) is 10.5. The number of fused-ring (bicyclic) bond motifs is 5. The molecular weight excluding hydrogens is 294 g/mol. The van der Waals surface area contributed by atoms with Crippen molar-refractivity contribution in [2.45, 2.75) is 19.9 Å². The van der Waals surface area contributed by atoms with Crippen molar-refractivity contribution in [3.63, 3.8) is 0 Å². The molecule has 1 aliphatic heterocycles. The fraction of sp³-hybridized carbons (Fsp3) is 0.294. The maximum absolute atomic E-state index is 12.5. The van der Waals surface area contributed by atoms with Gasteiger partial charge in [0.2, 0.25) is 0 Å². The Morgan fingerprint density at radius 1 is 1.32 bits per heavy atom. The minimum atomic E-state index is 0.0290. The van der Waals surface area contributed by atoms with Crippen LogP contribution in [-0.4, -0.2) is 30.5 Å². The SMILES string of the molecule is Cc1ccc2c(ccc3sc4c(c32)N(C)C[C@@H](C)NC4=O)n1. The zero-order chi connectivity index (χ0) is 15.4. The zero-order valence-electron chi connectivity index (χ0n) is 12.8. The second-order valence-corrected chi connectivity index (χ2v) is 7.05. The number of benzene rings is 1. The molecule has 3 aromatic rings. The van der Waals surface area contributed by atoms with Crippen LogP contribution in [-0.2, 0) is 0 Å². The van der Waals surface area contributed by atoms with Gasteiger partial charge in [0.1, 0.15) is 4.88 Å². The maximum Gasteiger partial charge on any atom is 0.263 e. The molecule has 4 rings (SSSR count). The van der Waals surface area contributed by atoms with Crippen LogP contribution in [0.15, 0.2) is 24.3 Å². The number of carbonyl (C=O) groups is 1. The third kappa shape index (κ3) is 1.89. The topological polar surface area (TPSA) is 45.2 Å². The second-order valence-electron chi connectivity index (χ2n) is 5.99. The molecule has 1 amide bonds. The van der Waals surface area contributed by atoms with Crippen molar-refractivity contribution < 1.29 is 4.79 Å². The van der Waals surface area contributed by atoms with E-state index >= 15 is 0 Å². The molecule has 4 nitrogen and oxygen atoms in total. The lowest BCUT2D eigenvalue weighted by Gasteiger charge is -2.20. The van der Waals surface area contributed by atoms with Gasteiger partial charge in [0, 0.05) is 40.8 Å². The lowest BCUT2D eigenvalue weighted by atomic mass is 10.1. The van der Waals surface area contributed by atoms with Crippen molar-refractivity contribution in [3.05, 3.63) is 34.8 Å². The van der Waals surface area contributed by atoms with Crippen molar-refractivity contribution in [3.8, 4) is 0 Å². The molecule has 1 aromatic carbocycles. The van der Waals surface area contributed by atoms with Crippen molar-refractivity contribution >= 4 is 43.9 Å². The molecular formula is C17H17N3OS. The van der Waals surface area contributed by atoms with E-state index in [1.54, 1.807) is 11.3 Å². The number of pyridine rings is 1. The van der Waals surface area contributed by atoms with Crippen LogP contribution in [0, 0.1) is 6.92 Å². The number of amides is 1. The van der Waals surface area contributed by atoms with Crippen molar-refractivity contribution in [2.75, 3.05) is 18.5 Å². The summed E-state index contributed by atoms with van der Waals surface area (Å²) in [6.45, 7) is 4.84. The molecule has 1 N–H and O–H groups in total. The summed E-state index contributed by atoms with van der Waals surface area (Å²) in [7, 11) is 2.06. The predicted octanol–water partition coefficient (Wildman–Crippen LogP) is 3.33. The molecule has 0 unspecified atom stereocenters. The molecule has 1 aliphatic rings. The number of aryl methyl sites for hydroxylation is 1. The lowest BCUT2D eigenvalue weighted by Crippen LogP contribution is -2.36. The molecule has 2 aromatic heterocycles. The van der Waals surface area contributed by atoms with Gasteiger partial charge in [-0.1, -0.05) is 6.07 Å². The van der Waals surface area contributed by atoms with Gasteiger partial charge in [-0.2, -0.15) is 0 Å². The summed E-state index contributed by atoms with van der Waals surface area (Å²) in [6, 6.07) is 8.41. The van der Waals surface area contributed by atoms with Gasteiger partial charge < -0.3 is 10.2 Å². The number of aromatic nitrogens is 1. The standard InChI is InChI=1S/C17H17N3OS/c1-9-4-5-11-12(18-9)6-7-13-14(11)15-16(22-13)17(21)19-10(2)8-20(15)3/h4-7,10H,8H2,1-3H3,(H,19,21)/t10-/m1/s1. The smallest absolute Gasteiger partial charge is 0.263 e. The van der Waals surface area contributed by atoms with Gasteiger partial charge >= 0.3 is 0 Å². The van der Waals surface area contributed by atoms with E-state index in [1.165, 1.54) is 0 Å². The Bertz CT molecular complexity index is 915. The number of hydrogen-bond donors (Lipinski definition) is 1. The quantitative estimate of drug-likeness (QED) is 0.692. The van der Waals surface area contributed by atoms with Gasteiger partial charge in [0.05, 0.1) is 11.2 Å². The summed E-state index contributed by atoms with van der Waals surface area (Å²) in [5.74, 6) is 0.0290. The van der Waals surface area contributed by atoms with E-state index in [2.05, 4.69) is 34.4 Å². The first kappa shape index (κ1) is 13.5. The summed E-state index contributed by atoms with van der Waals surface area (Å²) < 4.78 is 1.14. The molecule has 0 saturated carbocycles. The summed E-state index contributed by atoms with van der Waals surface area (Å²) in [6.07, 6.45) is 0. The highest BCUT2D eigenvalue weighted by molar-refractivity contribution is 7.21. The number of hydrogen-bond acceptors (Lipinski definition) is 4. The Morgan fingerprint density at radius 3 is 2.95 bits per heavy atom. The minimum absolute atomic E-state index is 0.0290.